The highest BCUT2D eigenvalue weighted by Crippen LogP contribution is 2.32. The molecule has 11 heteroatoms. The Morgan fingerprint density at radius 1 is 1.19 bits per heavy atom. The topological polar surface area (TPSA) is 109 Å². The van der Waals surface area contributed by atoms with E-state index in [4.69, 9.17) is 20.9 Å². The van der Waals surface area contributed by atoms with E-state index in [0.29, 0.717) is 28.7 Å². The number of nitrogens with zero attached hydrogens (tertiary/aromatic N) is 8. The fraction of sp³-hybridized carbons (Fsp3) is 0.375. The molecule has 0 saturated carbocycles. The van der Waals surface area contributed by atoms with Crippen LogP contribution >= 0.6 is 11.6 Å². The fourth-order valence-electron chi connectivity index (χ4n) is 2.58. The molecule has 4 rings (SSSR count). The largest absolute Gasteiger partial charge is 0.470 e. The molecule has 0 bridgehead atoms. The molecule has 10 nitrogen and oxygen atoms in total. The van der Waals surface area contributed by atoms with Gasteiger partial charge in [-0.1, -0.05) is 31.1 Å². The lowest BCUT2D eigenvalue weighted by atomic mass is 9.88. The van der Waals surface area contributed by atoms with Crippen molar-refractivity contribution >= 4 is 17.2 Å². The van der Waals surface area contributed by atoms with Gasteiger partial charge in [-0.2, -0.15) is 4.52 Å². The van der Waals surface area contributed by atoms with E-state index in [0.717, 1.165) is 5.56 Å². The van der Waals surface area contributed by atoms with Gasteiger partial charge in [0.1, 0.15) is 12.3 Å². The number of hydrogen-bond donors (Lipinski definition) is 0. The van der Waals surface area contributed by atoms with Crippen molar-refractivity contribution in [1.82, 2.24) is 40.0 Å². The lowest BCUT2D eigenvalue weighted by Gasteiger charge is -2.21. The zero-order chi connectivity index (χ0) is 19.2. The van der Waals surface area contributed by atoms with E-state index in [9.17, 15) is 0 Å². The molecule has 0 aliphatic carbocycles. The zero-order valence-electron chi connectivity index (χ0n) is 15.2. The van der Waals surface area contributed by atoms with Crippen LogP contribution in [0.3, 0.4) is 0 Å². The van der Waals surface area contributed by atoms with Gasteiger partial charge in [-0.15, -0.1) is 20.4 Å². The summed E-state index contributed by atoms with van der Waals surface area (Å²) in [5.41, 5.74) is 2.39. The van der Waals surface area contributed by atoms with Crippen LogP contribution in [0.1, 0.15) is 32.0 Å². The maximum absolute atomic E-state index is 5.96. The third-order valence-corrected chi connectivity index (χ3v) is 4.06. The highest BCUT2D eigenvalue weighted by molar-refractivity contribution is 6.29. The standard InChI is InChI=1S/C16H17ClN8O2/c1-16(2,3)10-5-13-19-20-14(11-6-12(17)27-22-11)25(13)21-15(10)26-8-9-7-24(4)23-18-9/h5-7H,8H2,1-4H3. The first kappa shape index (κ1) is 17.4. The van der Waals surface area contributed by atoms with Gasteiger partial charge >= 0.3 is 0 Å². The number of aromatic nitrogens is 8. The Morgan fingerprint density at radius 2 is 2.00 bits per heavy atom. The molecule has 0 saturated heterocycles. The maximum atomic E-state index is 5.96. The lowest BCUT2D eigenvalue weighted by Crippen LogP contribution is -2.16. The van der Waals surface area contributed by atoms with E-state index in [1.807, 2.05) is 6.07 Å². The van der Waals surface area contributed by atoms with Crippen molar-refractivity contribution in [2.24, 2.45) is 7.05 Å². The molecule has 0 atom stereocenters. The minimum absolute atomic E-state index is 0.159. The predicted octanol–water partition coefficient (Wildman–Crippen LogP) is 2.44. The zero-order valence-corrected chi connectivity index (χ0v) is 16.0. The molecule has 4 heterocycles. The van der Waals surface area contributed by atoms with Gasteiger partial charge in [-0.05, 0) is 23.1 Å². The smallest absolute Gasteiger partial charge is 0.236 e. The summed E-state index contributed by atoms with van der Waals surface area (Å²) < 4.78 is 14.0. The number of hydrogen-bond acceptors (Lipinski definition) is 8. The van der Waals surface area contributed by atoms with Crippen LogP contribution in [0.4, 0.5) is 0 Å². The summed E-state index contributed by atoms with van der Waals surface area (Å²) in [5, 5.41) is 24.9. The first-order valence-electron chi connectivity index (χ1n) is 8.19. The highest BCUT2D eigenvalue weighted by atomic mass is 35.5. The van der Waals surface area contributed by atoms with Crippen LogP contribution in [-0.4, -0.2) is 40.0 Å². The van der Waals surface area contributed by atoms with Crippen molar-refractivity contribution in [3.63, 3.8) is 0 Å². The number of ether oxygens (including phenoxy) is 1. The normalized spacial score (nSPS) is 12.0. The van der Waals surface area contributed by atoms with E-state index in [1.54, 1.807) is 28.5 Å². The molecule has 4 aromatic rings. The summed E-state index contributed by atoms with van der Waals surface area (Å²) in [6, 6.07) is 3.45. The minimum atomic E-state index is -0.213. The summed E-state index contributed by atoms with van der Waals surface area (Å²) in [7, 11) is 1.80. The van der Waals surface area contributed by atoms with Crippen LogP contribution in [0.2, 0.25) is 5.22 Å². The Kier molecular flexibility index (Phi) is 4.06. The van der Waals surface area contributed by atoms with Crippen molar-refractivity contribution in [1.29, 1.82) is 0 Å². The van der Waals surface area contributed by atoms with Gasteiger partial charge in [0.25, 0.3) is 0 Å². The van der Waals surface area contributed by atoms with Crippen molar-refractivity contribution in [2.75, 3.05) is 0 Å². The molecule has 0 aliphatic heterocycles. The molecule has 27 heavy (non-hydrogen) atoms. The van der Waals surface area contributed by atoms with Crippen LogP contribution in [0.5, 0.6) is 5.88 Å². The summed E-state index contributed by atoms with van der Waals surface area (Å²) in [6.07, 6.45) is 1.79. The van der Waals surface area contributed by atoms with Crippen molar-refractivity contribution in [2.45, 2.75) is 32.8 Å². The third kappa shape index (κ3) is 3.35. The van der Waals surface area contributed by atoms with E-state index in [1.165, 1.54) is 0 Å². The summed E-state index contributed by atoms with van der Waals surface area (Å²) in [6.45, 7) is 6.46. The third-order valence-electron chi connectivity index (χ3n) is 3.88. The van der Waals surface area contributed by atoms with Crippen molar-refractivity contribution in [3.8, 4) is 17.4 Å². The Balaban J connectivity index is 1.78. The molecule has 0 N–H and O–H groups in total. The molecular weight excluding hydrogens is 372 g/mol. The van der Waals surface area contributed by atoms with Gasteiger partial charge in [0.05, 0.1) is 6.20 Å². The van der Waals surface area contributed by atoms with Gasteiger partial charge in [0.15, 0.2) is 11.3 Å². The summed E-state index contributed by atoms with van der Waals surface area (Å²) in [4.78, 5) is 0. The first-order chi connectivity index (χ1) is 12.8. The van der Waals surface area contributed by atoms with Crippen LogP contribution in [-0.2, 0) is 19.1 Å². The molecule has 0 aliphatic rings. The second-order valence-corrected chi connectivity index (χ2v) is 7.47. The van der Waals surface area contributed by atoms with E-state index in [2.05, 4.69) is 51.5 Å². The van der Waals surface area contributed by atoms with Gasteiger partial charge in [0.2, 0.25) is 16.9 Å². The van der Waals surface area contributed by atoms with E-state index < -0.39 is 0 Å². The Morgan fingerprint density at radius 3 is 2.63 bits per heavy atom. The van der Waals surface area contributed by atoms with Gasteiger partial charge in [-0.3, -0.25) is 4.68 Å². The van der Waals surface area contributed by atoms with E-state index in [-0.39, 0.29) is 17.2 Å². The molecule has 0 amide bonds. The second kappa shape index (κ2) is 6.31. The molecule has 0 fully saturated rings. The Labute approximate surface area is 159 Å². The maximum Gasteiger partial charge on any atom is 0.236 e. The lowest BCUT2D eigenvalue weighted by molar-refractivity contribution is 0.276. The summed E-state index contributed by atoms with van der Waals surface area (Å²) >= 11 is 5.82. The van der Waals surface area contributed by atoms with Crippen LogP contribution in [0.15, 0.2) is 22.9 Å². The Bertz CT molecular complexity index is 1110. The number of halogens is 1. The highest BCUT2D eigenvalue weighted by Gasteiger charge is 2.24. The average Bonchev–Trinajstić information content (AvgIpc) is 3.30. The van der Waals surface area contributed by atoms with Crippen molar-refractivity contribution in [3.05, 3.63) is 34.8 Å². The molecule has 0 unspecified atom stereocenters. The molecule has 0 spiro atoms. The predicted molar refractivity (Wildman–Crippen MR) is 95.3 cm³/mol. The van der Waals surface area contributed by atoms with Gasteiger partial charge in [0, 0.05) is 18.7 Å². The Hall–Kier alpha value is -3.01. The fourth-order valence-corrected chi connectivity index (χ4v) is 2.72. The SMILES string of the molecule is Cn1cc(COc2nn3c(-c4cc(Cl)on4)nnc3cc2C(C)(C)C)nn1. The van der Waals surface area contributed by atoms with Crippen LogP contribution < -0.4 is 4.74 Å². The molecule has 140 valence electrons. The molecule has 0 aromatic carbocycles. The molecular formula is C16H17ClN8O2. The van der Waals surface area contributed by atoms with Gasteiger partial charge < -0.3 is 9.26 Å². The van der Waals surface area contributed by atoms with Crippen LogP contribution in [0, 0.1) is 0 Å². The quantitative estimate of drug-likeness (QED) is 0.524. The van der Waals surface area contributed by atoms with Crippen LogP contribution in [0.25, 0.3) is 17.2 Å². The average molecular weight is 389 g/mol. The van der Waals surface area contributed by atoms with E-state index >= 15 is 0 Å². The number of aryl methyl sites for hydroxylation is 1. The van der Waals surface area contributed by atoms with Crippen molar-refractivity contribution < 1.29 is 9.26 Å². The first-order valence-corrected chi connectivity index (χ1v) is 8.56. The number of rotatable bonds is 4. The minimum Gasteiger partial charge on any atom is -0.470 e. The molecule has 4 aromatic heterocycles. The second-order valence-electron chi connectivity index (χ2n) is 7.10. The molecule has 0 radical (unpaired) electrons. The van der Waals surface area contributed by atoms with Gasteiger partial charge in [-0.25, -0.2) is 0 Å². The summed E-state index contributed by atoms with van der Waals surface area (Å²) in [5.74, 6) is 0.863. The monoisotopic (exact) mass is 388 g/mol. The number of fused-ring (bicyclic) bond motifs is 1.